The molecule has 1 rings (SSSR count). The zero-order chi connectivity index (χ0) is 20.3. The molecule has 0 aromatic heterocycles. The Morgan fingerprint density at radius 2 is 1.29 bits per heavy atom. The van der Waals surface area contributed by atoms with Crippen LogP contribution in [0.2, 0.25) is 0 Å². The predicted octanol–water partition coefficient (Wildman–Crippen LogP) is 1.90. The molecule has 1 aromatic rings. The van der Waals surface area contributed by atoms with Crippen LogP contribution in [-0.2, 0) is 28.5 Å². The summed E-state index contributed by atoms with van der Waals surface area (Å²) in [5, 5.41) is 0. The second kappa shape index (κ2) is 17.1. The summed E-state index contributed by atoms with van der Waals surface area (Å²) in [7, 11) is 0. The van der Waals surface area contributed by atoms with Crippen LogP contribution in [-0.4, -0.2) is 78.3 Å². The van der Waals surface area contributed by atoms with Crippen molar-refractivity contribution in [3.8, 4) is 5.75 Å². The Kier molecular flexibility index (Phi) is 14.7. The molecule has 0 atom stereocenters. The van der Waals surface area contributed by atoms with Gasteiger partial charge in [0.1, 0.15) is 18.6 Å². The van der Waals surface area contributed by atoms with E-state index in [2.05, 4.69) is 0 Å². The minimum absolute atomic E-state index is 0.251. The normalized spacial score (nSPS) is 10.6. The fraction of sp³-hybridized carbons (Fsp3) is 0.600. The summed E-state index contributed by atoms with van der Waals surface area (Å²) in [5.74, 6) is 0.450. The summed E-state index contributed by atoms with van der Waals surface area (Å²) in [6, 6.07) is 6.90. The molecule has 0 radical (unpaired) electrons. The highest BCUT2D eigenvalue weighted by atomic mass is 16.6. The maximum atomic E-state index is 11.1. The second-order valence-electron chi connectivity index (χ2n) is 5.54. The van der Waals surface area contributed by atoms with Gasteiger partial charge in [0.15, 0.2) is 0 Å². The van der Waals surface area contributed by atoms with Crippen molar-refractivity contribution in [1.82, 2.24) is 0 Å². The maximum Gasteiger partial charge on any atom is 0.308 e. The highest BCUT2D eigenvalue weighted by Crippen LogP contribution is 2.10. The lowest BCUT2D eigenvalue weighted by molar-refractivity contribution is -0.144. The average Bonchev–Trinajstić information content (AvgIpc) is 2.71. The second-order valence-corrected chi connectivity index (χ2v) is 5.54. The van der Waals surface area contributed by atoms with Crippen LogP contribution in [0.5, 0.6) is 5.75 Å². The Bertz CT molecular complexity index is 517. The van der Waals surface area contributed by atoms with E-state index in [9.17, 15) is 9.59 Å². The van der Waals surface area contributed by atoms with Crippen molar-refractivity contribution in [1.29, 1.82) is 0 Å². The van der Waals surface area contributed by atoms with Gasteiger partial charge in [-0.05, 0) is 31.2 Å². The largest absolute Gasteiger partial charge is 0.491 e. The fourth-order valence-electron chi connectivity index (χ4n) is 2.01. The Morgan fingerprint density at radius 1 is 0.786 bits per heavy atom. The SMILES string of the molecule is CCOC(=O)CCOCCOCCOCCOCCOc1ccc(C=O)cc1. The first-order chi connectivity index (χ1) is 13.8. The lowest BCUT2D eigenvalue weighted by Gasteiger charge is -2.08. The summed E-state index contributed by atoms with van der Waals surface area (Å²) in [6.45, 7) is 6.17. The van der Waals surface area contributed by atoms with E-state index in [1.807, 2.05) is 0 Å². The van der Waals surface area contributed by atoms with Crippen molar-refractivity contribution in [2.45, 2.75) is 13.3 Å². The Morgan fingerprint density at radius 3 is 1.79 bits per heavy atom. The summed E-state index contributed by atoms with van der Waals surface area (Å²) < 4.78 is 31.7. The molecule has 0 unspecified atom stereocenters. The molecule has 28 heavy (non-hydrogen) atoms. The minimum Gasteiger partial charge on any atom is -0.491 e. The number of benzene rings is 1. The molecular weight excluding hydrogens is 368 g/mol. The molecule has 1 aromatic carbocycles. The van der Waals surface area contributed by atoms with E-state index in [0.717, 1.165) is 6.29 Å². The minimum atomic E-state index is -0.251. The molecule has 0 aliphatic carbocycles. The van der Waals surface area contributed by atoms with E-state index in [1.54, 1.807) is 31.2 Å². The topological polar surface area (TPSA) is 89.5 Å². The summed E-state index contributed by atoms with van der Waals surface area (Å²) in [6.07, 6.45) is 1.05. The predicted molar refractivity (Wildman–Crippen MR) is 102 cm³/mol. The van der Waals surface area contributed by atoms with Crippen molar-refractivity contribution in [3.05, 3.63) is 29.8 Å². The van der Waals surface area contributed by atoms with Gasteiger partial charge in [-0.3, -0.25) is 9.59 Å². The van der Waals surface area contributed by atoms with Gasteiger partial charge in [0.25, 0.3) is 0 Å². The van der Waals surface area contributed by atoms with Crippen LogP contribution in [0.25, 0.3) is 0 Å². The summed E-state index contributed by atoms with van der Waals surface area (Å²) in [5.41, 5.74) is 0.617. The highest BCUT2D eigenvalue weighted by molar-refractivity contribution is 5.74. The fourth-order valence-corrected chi connectivity index (χ4v) is 2.01. The molecular formula is C20H30O8. The highest BCUT2D eigenvalue weighted by Gasteiger charge is 2.00. The van der Waals surface area contributed by atoms with E-state index in [4.69, 9.17) is 28.4 Å². The van der Waals surface area contributed by atoms with Crippen molar-refractivity contribution in [2.75, 3.05) is 66.1 Å². The van der Waals surface area contributed by atoms with E-state index in [-0.39, 0.29) is 12.4 Å². The van der Waals surface area contributed by atoms with Crippen LogP contribution >= 0.6 is 0 Å². The van der Waals surface area contributed by atoms with Crippen LogP contribution in [0.15, 0.2) is 24.3 Å². The molecule has 8 nitrogen and oxygen atoms in total. The van der Waals surface area contributed by atoms with Crippen molar-refractivity contribution in [2.24, 2.45) is 0 Å². The first-order valence-corrected chi connectivity index (χ1v) is 9.41. The van der Waals surface area contributed by atoms with Gasteiger partial charge in [0, 0.05) is 5.56 Å². The zero-order valence-electron chi connectivity index (χ0n) is 16.4. The van der Waals surface area contributed by atoms with Crippen LogP contribution in [0.3, 0.4) is 0 Å². The lowest BCUT2D eigenvalue weighted by atomic mass is 10.2. The lowest BCUT2D eigenvalue weighted by Crippen LogP contribution is -2.14. The Hall–Kier alpha value is -2.00. The van der Waals surface area contributed by atoms with Gasteiger partial charge < -0.3 is 28.4 Å². The van der Waals surface area contributed by atoms with Gasteiger partial charge >= 0.3 is 5.97 Å². The maximum absolute atomic E-state index is 11.1. The van der Waals surface area contributed by atoms with Gasteiger partial charge in [-0.1, -0.05) is 0 Å². The number of hydrogen-bond donors (Lipinski definition) is 0. The summed E-state index contributed by atoms with van der Waals surface area (Å²) in [4.78, 5) is 21.6. The van der Waals surface area contributed by atoms with Gasteiger partial charge in [-0.15, -0.1) is 0 Å². The number of rotatable bonds is 18. The molecule has 0 amide bonds. The standard InChI is InChI=1S/C20H30O8/c1-2-27-20(22)7-8-23-9-10-24-11-12-25-13-14-26-15-16-28-19-5-3-18(17-21)4-6-19/h3-6,17H,2,7-16H2,1H3. The van der Waals surface area contributed by atoms with Crippen LogP contribution < -0.4 is 4.74 Å². The molecule has 0 N–H and O–H groups in total. The Labute approximate surface area is 166 Å². The first-order valence-electron chi connectivity index (χ1n) is 9.41. The molecule has 0 spiro atoms. The smallest absolute Gasteiger partial charge is 0.308 e. The van der Waals surface area contributed by atoms with E-state index in [1.165, 1.54) is 0 Å². The number of esters is 1. The van der Waals surface area contributed by atoms with Gasteiger partial charge in [0.2, 0.25) is 0 Å². The van der Waals surface area contributed by atoms with Crippen molar-refractivity contribution >= 4 is 12.3 Å². The van der Waals surface area contributed by atoms with Crippen LogP contribution in [0, 0.1) is 0 Å². The molecule has 0 bridgehead atoms. The molecule has 0 aliphatic heterocycles. The molecule has 0 saturated heterocycles. The number of carbonyl (C=O) groups is 2. The Balaban J connectivity index is 1.78. The number of aldehydes is 1. The number of hydrogen-bond acceptors (Lipinski definition) is 8. The first kappa shape index (κ1) is 24.0. The number of carbonyl (C=O) groups excluding carboxylic acids is 2. The van der Waals surface area contributed by atoms with Crippen molar-refractivity contribution < 1.29 is 38.0 Å². The van der Waals surface area contributed by atoms with Crippen LogP contribution in [0.4, 0.5) is 0 Å². The van der Waals surface area contributed by atoms with E-state index >= 15 is 0 Å². The van der Waals surface area contributed by atoms with E-state index in [0.29, 0.717) is 77.4 Å². The quantitative estimate of drug-likeness (QED) is 0.210. The molecule has 0 heterocycles. The molecule has 0 fully saturated rings. The molecule has 0 saturated carbocycles. The molecule has 8 heteroatoms. The van der Waals surface area contributed by atoms with Gasteiger partial charge in [-0.2, -0.15) is 0 Å². The van der Waals surface area contributed by atoms with Crippen molar-refractivity contribution in [3.63, 3.8) is 0 Å². The average molecular weight is 398 g/mol. The molecule has 158 valence electrons. The van der Waals surface area contributed by atoms with E-state index < -0.39 is 0 Å². The third kappa shape index (κ3) is 13.2. The monoisotopic (exact) mass is 398 g/mol. The molecule has 0 aliphatic rings. The third-order valence-corrected chi connectivity index (χ3v) is 3.38. The van der Waals surface area contributed by atoms with Gasteiger partial charge in [-0.25, -0.2) is 0 Å². The third-order valence-electron chi connectivity index (χ3n) is 3.38. The van der Waals surface area contributed by atoms with Gasteiger partial charge in [0.05, 0.1) is 65.9 Å². The number of ether oxygens (including phenoxy) is 6. The zero-order valence-corrected chi connectivity index (χ0v) is 16.4. The van der Waals surface area contributed by atoms with Crippen LogP contribution in [0.1, 0.15) is 23.7 Å². The summed E-state index contributed by atoms with van der Waals surface area (Å²) >= 11 is 0.